The molecule has 1 N–H and O–H groups in total. The minimum Gasteiger partial charge on any atom is -0.455 e. The molecule has 0 spiro atoms. The van der Waals surface area contributed by atoms with Crippen LogP contribution in [0.2, 0.25) is 0 Å². The summed E-state index contributed by atoms with van der Waals surface area (Å²) in [7, 11) is 0. The van der Waals surface area contributed by atoms with Crippen molar-refractivity contribution in [3.05, 3.63) is 58.4 Å². The number of nitrogens with zero attached hydrogens (tertiary/aromatic N) is 1. The van der Waals surface area contributed by atoms with Crippen molar-refractivity contribution in [2.45, 2.75) is 12.7 Å². The van der Waals surface area contributed by atoms with Crippen molar-refractivity contribution in [2.24, 2.45) is 0 Å². The topological polar surface area (TPSA) is 50.9 Å². The van der Waals surface area contributed by atoms with Gasteiger partial charge in [-0.2, -0.15) is 13.2 Å². The van der Waals surface area contributed by atoms with Crippen molar-refractivity contribution in [1.29, 1.82) is 0 Å². The number of halogens is 3. The fourth-order valence-corrected chi connectivity index (χ4v) is 2.03. The molecule has 7 heteroatoms. The summed E-state index contributed by atoms with van der Waals surface area (Å²) in [5.74, 6) is -0.996. The van der Waals surface area contributed by atoms with Gasteiger partial charge in [-0.05, 0) is 24.3 Å². The highest BCUT2D eigenvalue weighted by atomic mass is 19.4. The molecule has 0 aliphatic rings. The number of hydrogen-bond donors (Lipinski definition) is 1. The summed E-state index contributed by atoms with van der Waals surface area (Å²) < 4.78 is 43.4. The van der Waals surface area contributed by atoms with E-state index in [0.717, 1.165) is 6.07 Å². The lowest BCUT2D eigenvalue weighted by molar-refractivity contribution is -0.153. The van der Waals surface area contributed by atoms with Gasteiger partial charge in [0.25, 0.3) is 0 Å². The van der Waals surface area contributed by atoms with Gasteiger partial charge in [0.2, 0.25) is 5.76 Å². The van der Waals surface area contributed by atoms with E-state index in [9.17, 15) is 18.0 Å². The molecule has 3 aromatic rings. The van der Waals surface area contributed by atoms with Crippen molar-refractivity contribution in [2.75, 3.05) is 0 Å². The summed E-state index contributed by atoms with van der Waals surface area (Å²) in [6.45, 7) is -0.0566. The maximum atomic E-state index is 12.4. The first-order valence-corrected chi connectivity index (χ1v) is 5.78. The highest BCUT2D eigenvalue weighted by molar-refractivity contribution is 5.74. The number of aromatic amines is 1. The Morgan fingerprint density at radius 2 is 1.90 bits per heavy atom. The Bertz CT molecular complexity index is 811. The van der Waals surface area contributed by atoms with E-state index in [1.165, 1.54) is 10.6 Å². The molecule has 20 heavy (non-hydrogen) atoms. The van der Waals surface area contributed by atoms with Gasteiger partial charge in [-0.25, -0.2) is 4.79 Å². The molecule has 0 atom stereocenters. The van der Waals surface area contributed by atoms with Crippen LogP contribution in [0.5, 0.6) is 0 Å². The zero-order valence-corrected chi connectivity index (χ0v) is 10.1. The minimum atomic E-state index is -4.52. The number of furan rings is 1. The van der Waals surface area contributed by atoms with Crippen LogP contribution < -0.4 is 5.69 Å². The van der Waals surface area contributed by atoms with Crippen molar-refractivity contribution < 1.29 is 17.6 Å². The Morgan fingerprint density at radius 3 is 2.60 bits per heavy atom. The molecule has 3 rings (SSSR count). The molecule has 0 bridgehead atoms. The van der Waals surface area contributed by atoms with E-state index >= 15 is 0 Å². The van der Waals surface area contributed by atoms with E-state index in [-0.39, 0.29) is 12.3 Å². The zero-order chi connectivity index (χ0) is 14.3. The predicted octanol–water partition coefficient (Wildman–Crippen LogP) is 2.99. The Hall–Kier alpha value is -2.44. The number of H-pyrrole nitrogens is 1. The zero-order valence-electron chi connectivity index (χ0n) is 10.1. The highest BCUT2D eigenvalue weighted by Crippen LogP contribution is 2.30. The molecule has 0 saturated carbocycles. The van der Waals surface area contributed by atoms with Crippen LogP contribution in [0.25, 0.3) is 11.0 Å². The first-order valence-electron chi connectivity index (χ1n) is 5.78. The summed E-state index contributed by atoms with van der Waals surface area (Å²) >= 11 is 0. The van der Waals surface area contributed by atoms with Gasteiger partial charge in [-0.15, -0.1) is 0 Å². The van der Waals surface area contributed by atoms with E-state index in [2.05, 4.69) is 4.98 Å². The van der Waals surface area contributed by atoms with Crippen LogP contribution in [0, 0.1) is 0 Å². The van der Waals surface area contributed by atoms with Crippen LogP contribution >= 0.6 is 0 Å². The Morgan fingerprint density at radius 1 is 1.15 bits per heavy atom. The monoisotopic (exact) mass is 282 g/mol. The number of rotatable bonds is 2. The average Bonchev–Trinajstić information content (AvgIpc) is 2.95. The third-order valence-corrected chi connectivity index (χ3v) is 2.94. The molecule has 4 nitrogen and oxygen atoms in total. The second kappa shape index (κ2) is 4.29. The second-order valence-electron chi connectivity index (χ2n) is 4.30. The fraction of sp³-hybridized carbons (Fsp3) is 0.154. The highest BCUT2D eigenvalue weighted by Gasteiger charge is 2.34. The van der Waals surface area contributed by atoms with E-state index in [4.69, 9.17) is 4.42 Å². The lowest BCUT2D eigenvalue weighted by Crippen LogP contribution is -2.17. The molecule has 0 aliphatic carbocycles. The third-order valence-electron chi connectivity index (χ3n) is 2.94. The van der Waals surface area contributed by atoms with E-state index in [1.807, 2.05) is 0 Å². The normalized spacial score (nSPS) is 12.2. The largest absolute Gasteiger partial charge is 0.455 e. The summed E-state index contributed by atoms with van der Waals surface area (Å²) in [6, 6.07) is 9.01. The van der Waals surface area contributed by atoms with Gasteiger partial charge < -0.3 is 9.40 Å². The Kier molecular flexibility index (Phi) is 2.70. The van der Waals surface area contributed by atoms with Gasteiger partial charge in [0.15, 0.2) is 0 Å². The summed E-state index contributed by atoms with van der Waals surface area (Å²) in [5.41, 5.74) is 0.846. The first kappa shape index (κ1) is 12.6. The standard InChI is InChI=1S/C13H9F3N2O2/c14-13(15,16)11-6-5-8(20-11)7-18-10-4-2-1-3-9(10)17-12(18)19/h1-6H,7H2,(H,17,19). The molecule has 0 unspecified atom stereocenters. The molecule has 0 radical (unpaired) electrons. The first-order chi connectivity index (χ1) is 9.45. The Balaban J connectivity index is 1.99. The lowest BCUT2D eigenvalue weighted by atomic mass is 10.3. The molecule has 2 heterocycles. The molecule has 2 aromatic heterocycles. The number of imidazole rings is 1. The summed E-state index contributed by atoms with van der Waals surface area (Å²) in [5, 5.41) is 0. The van der Waals surface area contributed by atoms with Gasteiger partial charge in [0.1, 0.15) is 5.76 Å². The molecule has 0 fully saturated rings. The Labute approximate surface area is 110 Å². The molecular weight excluding hydrogens is 273 g/mol. The molecular formula is C13H9F3N2O2. The number of fused-ring (bicyclic) bond motifs is 1. The van der Waals surface area contributed by atoms with Crippen molar-refractivity contribution in [3.63, 3.8) is 0 Å². The van der Waals surface area contributed by atoms with Crippen LogP contribution in [0.3, 0.4) is 0 Å². The number of alkyl halides is 3. The predicted molar refractivity (Wildman–Crippen MR) is 65.4 cm³/mol. The fourth-order valence-electron chi connectivity index (χ4n) is 2.03. The third kappa shape index (κ3) is 2.11. The van der Waals surface area contributed by atoms with Gasteiger partial charge in [0, 0.05) is 0 Å². The SMILES string of the molecule is O=c1[nH]c2ccccc2n1Cc1ccc(C(F)(F)F)o1. The molecule has 104 valence electrons. The van der Waals surface area contributed by atoms with Crippen molar-refractivity contribution >= 4 is 11.0 Å². The van der Waals surface area contributed by atoms with Gasteiger partial charge in [0.05, 0.1) is 17.6 Å². The maximum absolute atomic E-state index is 12.4. The molecule has 0 amide bonds. The second-order valence-corrected chi connectivity index (χ2v) is 4.30. The number of nitrogens with one attached hydrogen (secondary N) is 1. The number of para-hydroxylation sites is 2. The lowest BCUT2D eigenvalue weighted by Gasteiger charge is -2.02. The quantitative estimate of drug-likeness (QED) is 0.785. The summed E-state index contributed by atoms with van der Waals surface area (Å²) in [4.78, 5) is 14.4. The molecule has 0 aliphatic heterocycles. The van der Waals surface area contributed by atoms with Gasteiger partial charge in [-0.3, -0.25) is 4.57 Å². The van der Waals surface area contributed by atoms with Crippen molar-refractivity contribution in [3.8, 4) is 0 Å². The van der Waals surface area contributed by atoms with E-state index < -0.39 is 17.6 Å². The number of hydrogen-bond acceptors (Lipinski definition) is 2. The average molecular weight is 282 g/mol. The van der Waals surface area contributed by atoms with Crippen LogP contribution in [-0.4, -0.2) is 9.55 Å². The van der Waals surface area contributed by atoms with E-state index in [0.29, 0.717) is 11.0 Å². The number of benzene rings is 1. The summed E-state index contributed by atoms with van der Waals surface area (Å²) in [6.07, 6.45) is -4.52. The minimum absolute atomic E-state index is 0.0566. The number of aromatic nitrogens is 2. The van der Waals surface area contributed by atoms with Crippen LogP contribution in [0.4, 0.5) is 13.2 Å². The maximum Gasteiger partial charge on any atom is 0.449 e. The van der Waals surface area contributed by atoms with Crippen molar-refractivity contribution in [1.82, 2.24) is 9.55 Å². The van der Waals surface area contributed by atoms with E-state index in [1.54, 1.807) is 24.3 Å². The molecule has 1 aromatic carbocycles. The van der Waals surface area contributed by atoms with Crippen LogP contribution in [0.15, 0.2) is 45.6 Å². The molecule has 0 saturated heterocycles. The van der Waals surface area contributed by atoms with Gasteiger partial charge in [-0.1, -0.05) is 12.1 Å². The van der Waals surface area contributed by atoms with Gasteiger partial charge >= 0.3 is 11.9 Å². The van der Waals surface area contributed by atoms with Crippen LogP contribution in [0.1, 0.15) is 11.5 Å². The van der Waals surface area contributed by atoms with Crippen LogP contribution in [-0.2, 0) is 12.7 Å². The smallest absolute Gasteiger partial charge is 0.449 e.